The molecule has 0 amide bonds. The van der Waals surface area contributed by atoms with Gasteiger partial charge in [-0.2, -0.15) is 5.26 Å². The van der Waals surface area contributed by atoms with Crippen LogP contribution in [0, 0.1) is 11.3 Å². The number of aliphatic hydroxyl groups excluding tert-OH is 1. The average molecular weight is 311 g/mol. The molecule has 0 aliphatic rings. The topological polar surface area (TPSA) is 62.5 Å². The molecular weight excluding hydrogens is 290 g/mol. The lowest BCUT2D eigenvalue weighted by atomic mass is 9.74. The van der Waals surface area contributed by atoms with Crippen molar-refractivity contribution in [2.75, 3.05) is 14.2 Å². The van der Waals surface area contributed by atoms with E-state index in [9.17, 15) is 5.11 Å². The van der Waals surface area contributed by atoms with Gasteiger partial charge in [-0.25, -0.2) is 0 Å². The van der Waals surface area contributed by atoms with Crippen molar-refractivity contribution in [3.05, 3.63) is 71.3 Å². The van der Waals surface area contributed by atoms with Crippen LogP contribution in [0.3, 0.4) is 0 Å². The van der Waals surface area contributed by atoms with Crippen molar-refractivity contribution in [1.29, 1.82) is 5.26 Å². The summed E-state index contributed by atoms with van der Waals surface area (Å²) in [6.07, 6.45) is -1.49. The summed E-state index contributed by atoms with van der Waals surface area (Å²) < 4.78 is 10.9. The van der Waals surface area contributed by atoms with Crippen LogP contribution in [0.5, 0.6) is 0 Å². The third kappa shape index (κ3) is 3.27. The summed E-state index contributed by atoms with van der Waals surface area (Å²) in [7, 11) is 3.11. The molecule has 120 valence electrons. The molecule has 4 heteroatoms. The molecule has 0 fully saturated rings. The highest BCUT2D eigenvalue weighted by Crippen LogP contribution is 2.41. The zero-order valence-electron chi connectivity index (χ0n) is 13.6. The minimum absolute atomic E-state index is 0.553. The first-order valence-electron chi connectivity index (χ1n) is 7.37. The van der Waals surface area contributed by atoms with Gasteiger partial charge in [0, 0.05) is 14.2 Å². The van der Waals surface area contributed by atoms with E-state index in [0.29, 0.717) is 11.1 Å². The lowest BCUT2D eigenvalue weighted by molar-refractivity contribution is -0.173. The maximum absolute atomic E-state index is 11.0. The van der Waals surface area contributed by atoms with Crippen LogP contribution < -0.4 is 0 Å². The summed E-state index contributed by atoms with van der Waals surface area (Å²) in [5.74, 6) is 0. The first-order valence-corrected chi connectivity index (χ1v) is 7.37. The van der Waals surface area contributed by atoms with Crippen molar-refractivity contribution in [2.24, 2.45) is 0 Å². The van der Waals surface area contributed by atoms with E-state index in [4.69, 9.17) is 14.7 Å². The largest absolute Gasteiger partial charge is 0.387 e. The molecular formula is C19H21NO3. The first-order chi connectivity index (χ1) is 11.1. The van der Waals surface area contributed by atoms with Gasteiger partial charge in [0.25, 0.3) is 0 Å². The van der Waals surface area contributed by atoms with Crippen LogP contribution in [0.4, 0.5) is 0 Å². The first kappa shape index (κ1) is 17.2. The van der Waals surface area contributed by atoms with Crippen molar-refractivity contribution in [3.8, 4) is 6.07 Å². The maximum Gasteiger partial charge on any atom is 0.168 e. The van der Waals surface area contributed by atoms with E-state index in [1.807, 2.05) is 37.3 Å². The smallest absolute Gasteiger partial charge is 0.168 e. The molecule has 2 aromatic carbocycles. The van der Waals surface area contributed by atoms with E-state index in [1.165, 1.54) is 0 Å². The van der Waals surface area contributed by atoms with Gasteiger partial charge in [0.15, 0.2) is 6.29 Å². The number of nitrogens with zero attached hydrogens (tertiary/aromatic N) is 1. The molecule has 0 saturated heterocycles. The molecule has 0 aliphatic carbocycles. The highest BCUT2D eigenvalue weighted by Gasteiger charge is 2.44. The standard InChI is InChI=1S/C19H21NO3/c1-19(18(22-2)23-3,16-7-5-4-6-8-16)17(21)15-11-9-14(13-20)10-12-15/h4-12,17-18,21H,1-3H3/t17-,19-/m0/s1. The molecule has 0 saturated carbocycles. The zero-order valence-corrected chi connectivity index (χ0v) is 13.6. The molecule has 0 aliphatic heterocycles. The summed E-state index contributed by atoms with van der Waals surface area (Å²) in [4.78, 5) is 0. The molecule has 0 aromatic heterocycles. The molecule has 2 rings (SSSR count). The Balaban J connectivity index is 2.50. The van der Waals surface area contributed by atoms with Crippen LogP contribution in [0.25, 0.3) is 0 Å². The van der Waals surface area contributed by atoms with Crippen LogP contribution in [0.1, 0.15) is 29.7 Å². The fraction of sp³-hybridized carbons (Fsp3) is 0.316. The normalized spacial score (nSPS) is 15.0. The molecule has 23 heavy (non-hydrogen) atoms. The Bertz CT molecular complexity index is 659. The van der Waals surface area contributed by atoms with E-state index in [0.717, 1.165) is 5.56 Å². The number of ether oxygens (including phenoxy) is 2. The summed E-state index contributed by atoms with van der Waals surface area (Å²) in [6.45, 7) is 1.91. The number of benzene rings is 2. The Labute approximate surface area is 136 Å². The van der Waals surface area contributed by atoms with Crippen molar-refractivity contribution in [2.45, 2.75) is 24.7 Å². The lowest BCUT2D eigenvalue weighted by Gasteiger charge is -2.40. The predicted molar refractivity (Wildman–Crippen MR) is 87.7 cm³/mol. The van der Waals surface area contributed by atoms with Crippen LogP contribution >= 0.6 is 0 Å². The van der Waals surface area contributed by atoms with Gasteiger partial charge in [-0.3, -0.25) is 0 Å². The van der Waals surface area contributed by atoms with Gasteiger partial charge in [-0.05, 0) is 30.2 Å². The molecule has 0 unspecified atom stereocenters. The highest BCUT2D eigenvalue weighted by atomic mass is 16.7. The molecule has 4 nitrogen and oxygen atoms in total. The maximum atomic E-state index is 11.0. The van der Waals surface area contributed by atoms with E-state index < -0.39 is 17.8 Å². The summed E-state index contributed by atoms with van der Waals surface area (Å²) in [5.41, 5.74) is 1.36. The minimum Gasteiger partial charge on any atom is -0.387 e. The summed E-state index contributed by atoms with van der Waals surface area (Å²) in [5, 5.41) is 20.0. The molecule has 0 spiro atoms. The number of hydrogen-bond acceptors (Lipinski definition) is 4. The van der Waals surface area contributed by atoms with E-state index >= 15 is 0 Å². The highest BCUT2D eigenvalue weighted by molar-refractivity contribution is 5.36. The van der Waals surface area contributed by atoms with Gasteiger partial charge in [-0.1, -0.05) is 42.5 Å². The SMILES string of the molecule is COC(OC)[C@@](C)(c1ccccc1)[C@@H](O)c1ccc(C#N)cc1. The second kappa shape index (κ2) is 7.38. The fourth-order valence-corrected chi connectivity index (χ4v) is 2.89. The Morgan fingerprint density at radius 2 is 1.57 bits per heavy atom. The molecule has 0 heterocycles. The molecule has 0 bridgehead atoms. The molecule has 2 aromatic rings. The Morgan fingerprint density at radius 1 is 1.00 bits per heavy atom. The second-order valence-electron chi connectivity index (χ2n) is 5.59. The molecule has 2 atom stereocenters. The van der Waals surface area contributed by atoms with Crippen LogP contribution in [0.15, 0.2) is 54.6 Å². The van der Waals surface area contributed by atoms with Crippen molar-refractivity contribution >= 4 is 0 Å². The number of nitriles is 1. The van der Waals surface area contributed by atoms with Gasteiger partial charge < -0.3 is 14.6 Å². The van der Waals surface area contributed by atoms with E-state index in [1.54, 1.807) is 38.5 Å². The predicted octanol–water partition coefficient (Wildman–Crippen LogP) is 3.17. The average Bonchev–Trinajstić information content (AvgIpc) is 2.62. The fourth-order valence-electron chi connectivity index (χ4n) is 2.89. The number of rotatable bonds is 6. The van der Waals surface area contributed by atoms with Crippen molar-refractivity contribution in [3.63, 3.8) is 0 Å². The van der Waals surface area contributed by atoms with E-state index in [2.05, 4.69) is 6.07 Å². The zero-order chi connectivity index (χ0) is 16.9. The van der Waals surface area contributed by atoms with Crippen LogP contribution in [-0.2, 0) is 14.9 Å². The third-order valence-corrected chi connectivity index (χ3v) is 4.24. The quantitative estimate of drug-likeness (QED) is 0.832. The van der Waals surface area contributed by atoms with Gasteiger partial charge in [-0.15, -0.1) is 0 Å². The van der Waals surface area contributed by atoms with Crippen molar-refractivity contribution < 1.29 is 14.6 Å². The van der Waals surface area contributed by atoms with Crippen LogP contribution in [0.2, 0.25) is 0 Å². The number of aliphatic hydroxyl groups is 1. The molecule has 1 N–H and O–H groups in total. The van der Waals surface area contributed by atoms with Crippen molar-refractivity contribution in [1.82, 2.24) is 0 Å². The van der Waals surface area contributed by atoms with Crippen LogP contribution in [-0.4, -0.2) is 25.6 Å². The second-order valence-corrected chi connectivity index (χ2v) is 5.59. The van der Waals surface area contributed by atoms with Gasteiger partial charge in [0.05, 0.1) is 23.2 Å². The number of hydrogen-bond donors (Lipinski definition) is 1. The van der Waals surface area contributed by atoms with Gasteiger partial charge >= 0.3 is 0 Å². The lowest BCUT2D eigenvalue weighted by Crippen LogP contribution is -2.44. The Morgan fingerprint density at radius 3 is 2.04 bits per heavy atom. The summed E-state index contributed by atoms with van der Waals surface area (Å²) >= 11 is 0. The third-order valence-electron chi connectivity index (χ3n) is 4.24. The van der Waals surface area contributed by atoms with E-state index in [-0.39, 0.29) is 0 Å². The van der Waals surface area contributed by atoms with Gasteiger partial charge in [0.2, 0.25) is 0 Å². The monoisotopic (exact) mass is 311 g/mol. The summed E-state index contributed by atoms with van der Waals surface area (Å²) in [6, 6.07) is 18.6. The number of methoxy groups -OCH3 is 2. The Hall–Kier alpha value is -2.19. The van der Waals surface area contributed by atoms with Gasteiger partial charge in [0.1, 0.15) is 0 Å². The minimum atomic E-state index is -0.859. The molecule has 0 radical (unpaired) electrons. The Kier molecular flexibility index (Phi) is 5.51.